The fourth-order valence-corrected chi connectivity index (χ4v) is 15.8. The van der Waals surface area contributed by atoms with Crippen molar-refractivity contribution in [2.24, 2.45) is 0 Å². The number of anilines is 3. The first-order chi connectivity index (χ1) is 51.9. The zero-order chi connectivity index (χ0) is 76.5. The number of hydrogen-bond donors (Lipinski definition) is 0. The average Bonchev–Trinajstić information content (AvgIpc) is 1.13. The Balaban J connectivity index is 1.10. The third-order valence-corrected chi connectivity index (χ3v) is 20.4. The molecular weight excluding hydrogens is 1160 g/mol. The van der Waals surface area contributed by atoms with Gasteiger partial charge >= 0.3 is 0 Å². The number of benzene rings is 13. The van der Waals surface area contributed by atoms with E-state index in [2.05, 4.69) is 181 Å². The zero-order valence-corrected chi connectivity index (χ0v) is 55.0. The lowest BCUT2D eigenvalue weighted by Crippen LogP contribution is -2.65. The zero-order valence-electron chi connectivity index (χ0n) is 68.0. The lowest BCUT2D eigenvalue weighted by Gasteiger charge is -2.50. The second-order valence-corrected chi connectivity index (χ2v) is 29.1. The molecule has 15 aromatic rings. The van der Waals surface area contributed by atoms with E-state index >= 15 is 0 Å². The van der Waals surface area contributed by atoms with Gasteiger partial charge in [0.25, 0.3) is 0 Å². The van der Waals surface area contributed by atoms with Gasteiger partial charge in [-0.3, -0.25) is 0 Å². The van der Waals surface area contributed by atoms with Crippen LogP contribution in [0.4, 0.5) is 17.1 Å². The van der Waals surface area contributed by atoms with Crippen LogP contribution in [-0.4, -0.2) is 15.8 Å². The Hall–Kier alpha value is -10.9. The molecule has 0 bridgehead atoms. The second kappa shape index (κ2) is 21.1. The Morgan fingerprint density at radius 3 is 1.42 bits per heavy atom. The SMILES string of the molecule is [2H]c1c([2H])c([2H])c(-c2ccc3c(c2)N(c2c(-c4ccccc4)cc(C(C)(C)C)cc2-c2ccccc2)c2cc(-n4c5c([2H])c([2H])c([2H])c([2H])c5c5c([2H])c([2H])c([2H])c([2H])c54)cc4c2B3c2ccc(-n3c5ccc(C(C)(C)C)cc5c5cc(C(C)(C)C)ccc53)cc2C42c3ccccc3Oc3ccccc32)c([2H])c1[2H]. The molecule has 0 N–H and O–H groups in total. The van der Waals surface area contributed by atoms with E-state index in [1.54, 1.807) is 4.57 Å². The number of aromatic nitrogens is 2. The smallest absolute Gasteiger partial charge is 0.247 e. The molecule has 3 aliphatic rings. The molecule has 0 aliphatic carbocycles. The summed E-state index contributed by atoms with van der Waals surface area (Å²) >= 11 is 0. The molecule has 2 aromatic heterocycles. The van der Waals surface area contributed by atoms with Crippen molar-refractivity contribution in [3.05, 3.63) is 324 Å². The minimum Gasteiger partial charge on any atom is -0.457 e. The van der Waals surface area contributed by atoms with Crippen molar-refractivity contribution < 1.29 is 22.6 Å². The Bertz CT molecular complexity index is 6240. The summed E-state index contributed by atoms with van der Waals surface area (Å²) in [5.74, 6) is 1.15. The molecule has 0 fully saturated rings. The van der Waals surface area contributed by atoms with E-state index in [-0.39, 0.29) is 50.3 Å². The summed E-state index contributed by atoms with van der Waals surface area (Å²) in [5.41, 5.74) is 15.4. The third-order valence-electron chi connectivity index (χ3n) is 20.4. The van der Waals surface area contributed by atoms with Crippen LogP contribution in [0, 0.1) is 0 Å². The van der Waals surface area contributed by atoms with Crippen LogP contribution in [0.15, 0.2) is 285 Å². The van der Waals surface area contributed by atoms with Crippen LogP contribution in [0.25, 0.3) is 88.4 Å². The van der Waals surface area contributed by atoms with E-state index < -0.39 is 84.0 Å². The average molecular weight is 1250 g/mol. The van der Waals surface area contributed by atoms with Crippen molar-refractivity contribution in [1.82, 2.24) is 9.13 Å². The van der Waals surface area contributed by atoms with E-state index in [1.165, 1.54) is 11.1 Å². The summed E-state index contributed by atoms with van der Waals surface area (Å²) in [7, 11) is 0. The molecule has 0 unspecified atom stereocenters. The quantitative estimate of drug-likeness (QED) is 0.155. The summed E-state index contributed by atoms with van der Waals surface area (Å²) in [6.45, 7) is 19.3. The molecule has 0 saturated carbocycles. The van der Waals surface area contributed by atoms with E-state index in [0.717, 1.165) is 94.0 Å². The molecule has 0 saturated heterocycles. The van der Waals surface area contributed by atoms with Gasteiger partial charge in [0, 0.05) is 66.5 Å². The molecule has 3 aliphatic heterocycles. The van der Waals surface area contributed by atoms with Gasteiger partial charge in [-0.05, 0) is 168 Å². The van der Waals surface area contributed by atoms with Crippen LogP contribution in [0.5, 0.6) is 11.5 Å². The maximum absolute atomic E-state index is 10.1. The van der Waals surface area contributed by atoms with Crippen molar-refractivity contribution in [1.29, 1.82) is 0 Å². The van der Waals surface area contributed by atoms with Crippen LogP contribution in [0.2, 0.25) is 0 Å². The van der Waals surface area contributed by atoms with Gasteiger partial charge in [-0.25, -0.2) is 0 Å². The first-order valence-corrected chi connectivity index (χ1v) is 33.0. The predicted octanol–water partition coefficient (Wildman–Crippen LogP) is 21.9. The molecule has 5 heterocycles. The molecule has 13 aromatic carbocycles. The van der Waals surface area contributed by atoms with Gasteiger partial charge in [0.2, 0.25) is 6.71 Å². The summed E-state index contributed by atoms with van der Waals surface area (Å²) in [6, 6.07) is 65.0. The van der Waals surface area contributed by atoms with Gasteiger partial charge in [0.1, 0.15) is 11.5 Å². The minimum absolute atomic E-state index is 0.00402. The standard InChI is InChI=1S/C91H74BN3O/c1-88(2,3)61-42-47-80-70(50-61)71-51-62(89(4,5)6)43-48-81(71)93(80)64-44-46-76-74(54-64)91(72-35-21-25-39-84(72)96-85-40-26-22-36-73(85)91)75-55-65(94-78-37-23-19-33-66(78)67-34-20-24-38-79(67)94)56-83-86(75)92(76)77-45-41-60(57-27-13-10-14-28-57)49-82(77)95(83)87-68(58-29-15-11-16-30-58)52-63(90(7,8)9)53-69(87)59-31-17-12-18-32-59/h10-56H,1-9H3/i10D,13D,14D,19D,20D,23D,24D,27D,28D,33D,34D,37D,38D. The van der Waals surface area contributed by atoms with Gasteiger partial charge in [-0.1, -0.05) is 262 Å². The van der Waals surface area contributed by atoms with Crippen molar-refractivity contribution in [2.45, 2.75) is 84.0 Å². The van der Waals surface area contributed by atoms with E-state index in [4.69, 9.17) is 8.85 Å². The van der Waals surface area contributed by atoms with Crippen molar-refractivity contribution in [3.8, 4) is 56.3 Å². The summed E-state index contributed by atoms with van der Waals surface area (Å²) in [6.07, 6.45) is 0. The Morgan fingerprint density at radius 1 is 0.354 bits per heavy atom. The second-order valence-electron chi connectivity index (χ2n) is 29.1. The highest BCUT2D eigenvalue weighted by molar-refractivity contribution is 6.99. The van der Waals surface area contributed by atoms with Crippen LogP contribution in [-0.2, 0) is 21.7 Å². The van der Waals surface area contributed by atoms with Gasteiger partial charge in [-0.15, -0.1) is 0 Å². The highest BCUT2D eigenvalue weighted by Gasteiger charge is 2.55. The summed E-state index contributed by atoms with van der Waals surface area (Å²) in [4.78, 5) is 2.24. The molecule has 0 radical (unpaired) electrons. The van der Waals surface area contributed by atoms with Crippen LogP contribution < -0.4 is 26.0 Å². The van der Waals surface area contributed by atoms with Gasteiger partial charge in [0.15, 0.2) is 0 Å². The maximum Gasteiger partial charge on any atom is 0.247 e. The summed E-state index contributed by atoms with van der Waals surface area (Å²) < 4.78 is 135. The molecule has 96 heavy (non-hydrogen) atoms. The lowest BCUT2D eigenvalue weighted by molar-refractivity contribution is 0.435. The van der Waals surface area contributed by atoms with E-state index in [9.17, 15) is 13.7 Å². The topological polar surface area (TPSA) is 22.3 Å². The molecule has 0 atom stereocenters. The molecule has 0 amide bonds. The highest BCUT2D eigenvalue weighted by atomic mass is 16.5. The Morgan fingerprint density at radius 2 is 0.854 bits per heavy atom. The molecule has 462 valence electrons. The van der Waals surface area contributed by atoms with Gasteiger partial charge in [0.05, 0.1) is 51.0 Å². The third kappa shape index (κ3) is 8.61. The van der Waals surface area contributed by atoms with E-state index in [0.29, 0.717) is 39.8 Å². The largest absolute Gasteiger partial charge is 0.457 e. The van der Waals surface area contributed by atoms with Crippen molar-refractivity contribution in [3.63, 3.8) is 0 Å². The first kappa shape index (κ1) is 45.5. The van der Waals surface area contributed by atoms with Crippen molar-refractivity contribution in [2.75, 3.05) is 4.90 Å². The van der Waals surface area contributed by atoms with E-state index in [1.807, 2.05) is 97.1 Å². The highest BCUT2D eigenvalue weighted by Crippen LogP contribution is 2.59. The number of hydrogen-bond acceptors (Lipinski definition) is 2. The first-order valence-electron chi connectivity index (χ1n) is 39.5. The van der Waals surface area contributed by atoms with Gasteiger partial charge in [-0.2, -0.15) is 0 Å². The van der Waals surface area contributed by atoms with Crippen molar-refractivity contribution >= 4 is 83.8 Å². The lowest BCUT2D eigenvalue weighted by atomic mass is 9.29. The normalized spacial score (nSPS) is 15.7. The predicted molar refractivity (Wildman–Crippen MR) is 405 cm³/mol. The Kier molecular flexibility index (Phi) is 9.97. The number of rotatable bonds is 6. The molecule has 18 rings (SSSR count). The molecular formula is C91H74BN3O. The molecule has 5 heteroatoms. The number of nitrogens with zero attached hydrogens (tertiary/aromatic N) is 3. The number of para-hydroxylation sites is 4. The molecule has 1 spiro atoms. The minimum atomic E-state index is -1.40. The van der Waals surface area contributed by atoms with Crippen LogP contribution in [0.1, 0.15) is 119 Å². The fourth-order valence-electron chi connectivity index (χ4n) is 15.8. The maximum atomic E-state index is 10.1. The van der Waals surface area contributed by atoms with Gasteiger partial charge < -0.3 is 18.8 Å². The summed E-state index contributed by atoms with van der Waals surface area (Å²) in [5, 5.41) is 2.03. The monoisotopic (exact) mass is 1250 g/mol. The fraction of sp³-hybridized carbons (Fsp3) is 0.143. The Labute approximate surface area is 581 Å². The molecule has 4 nitrogen and oxygen atoms in total. The number of ether oxygens (including phenoxy) is 1. The van der Waals surface area contributed by atoms with Crippen LogP contribution >= 0.6 is 0 Å². The number of fused-ring (bicyclic) bond motifs is 16. The van der Waals surface area contributed by atoms with Crippen LogP contribution in [0.3, 0.4) is 0 Å².